The zero-order valence-electron chi connectivity index (χ0n) is 23.3. The first-order valence-electron chi connectivity index (χ1n) is 13.2. The Kier molecular flexibility index (Phi) is 9.67. The van der Waals surface area contributed by atoms with Crippen molar-refractivity contribution in [1.82, 2.24) is 25.0 Å². The Labute approximate surface area is 238 Å². The minimum Gasteiger partial charge on any atom is -0.466 e. The van der Waals surface area contributed by atoms with Crippen LogP contribution in [0.1, 0.15) is 25.3 Å². The van der Waals surface area contributed by atoms with Crippen LogP contribution in [0.2, 0.25) is 5.02 Å². The number of esters is 2. The van der Waals surface area contributed by atoms with E-state index in [4.69, 9.17) is 31.5 Å². The second-order valence-electron chi connectivity index (χ2n) is 9.50. The highest BCUT2D eigenvalue weighted by Gasteiger charge is 2.39. The number of dihydropyridines is 1. The Hall–Kier alpha value is -3.61. The van der Waals surface area contributed by atoms with Gasteiger partial charge in [-0.05, 0) is 25.5 Å². The number of anilines is 2. The van der Waals surface area contributed by atoms with Gasteiger partial charge in [0.25, 0.3) is 0 Å². The number of nitrogens with zero attached hydrogens (tertiary/aromatic N) is 5. The van der Waals surface area contributed by atoms with Gasteiger partial charge in [-0.3, -0.25) is 4.90 Å². The van der Waals surface area contributed by atoms with Gasteiger partial charge in [0.1, 0.15) is 0 Å². The Bertz CT molecular complexity index is 1300. The number of aryl methyl sites for hydroxylation is 1. The fourth-order valence-electron chi connectivity index (χ4n) is 5.07. The molecule has 2 aromatic rings. The number of rotatable bonds is 10. The van der Waals surface area contributed by atoms with Crippen molar-refractivity contribution >= 4 is 35.4 Å². The number of hydrogen-bond acceptors (Lipinski definition) is 11. The van der Waals surface area contributed by atoms with E-state index in [0.29, 0.717) is 40.7 Å². The number of benzene rings is 1. The molecule has 1 atom stereocenters. The summed E-state index contributed by atoms with van der Waals surface area (Å²) in [6.45, 7) is 8.23. The van der Waals surface area contributed by atoms with Gasteiger partial charge in [-0.15, -0.1) is 5.10 Å². The molecule has 216 valence electrons. The van der Waals surface area contributed by atoms with Gasteiger partial charge in [0.15, 0.2) is 0 Å². The molecule has 40 heavy (non-hydrogen) atoms. The highest BCUT2D eigenvalue weighted by molar-refractivity contribution is 6.31. The van der Waals surface area contributed by atoms with Crippen molar-refractivity contribution in [3.63, 3.8) is 0 Å². The summed E-state index contributed by atoms with van der Waals surface area (Å²) in [4.78, 5) is 34.9. The van der Waals surface area contributed by atoms with E-state index >= 15 is 0 Å². The van der Waals surface area contributed by atoms with E-state index in [2.05, 4.69) is 25.2 Å². The maximum Gasteiger partial charge on any atom is 0.336 e. The van der Waals surface area contributed by atoms with Gasteiger partial charge >= 0.3 is 11.9 Å². The van der Waals surface area contributed by atoms with Crippen molar-refractivity contribution in [2.75, 3.05) is 70.3 Å². The number of methoxy groups -OCH3 is 1. The van der Waals surface area contributed by atoms with Crippen LogP contribution in [-0.2, 0) is 30.8 Å². The van der Waals surface area contributed by atoms with Crippen LogP contribution in [0.15, 0.2) is 46.8 Å². The first-order chi connectivity index (χ1) is 19.2. The maximum absolute atomic E-state index is 13.3. The van der Waals surface area contributed by atoms with E-state index in [1.807, 2.05) is 13.1 Å². The van der Waals surface area contributed by atoms with Crippen LogP contribution in [0.4, 0.5) is 11.9 Å². The maximum atomic E-state index is 13.3. The summed E-state index contributed by atoms with van der Waals surface area (Å²) < 4.78 is 18.2. The molecule has 2 aliphatic heterocycles. The Morgan fingerprint density at radius 3 is 2.50 bits per heavy atom. The van der Waals surface area contributed by atoms with E-state index in [9.17, 15) is 9.59 Å². The molecule has 4 rings (SSSR count). The standard InChI is InChI=1S/C27H36ClN7O5/c1-5-40-25(37)23-20(30-17(2)21(24(36)38-4)22(23)18-8-6-7-9-19(18)28)16-39-15-14-34-10-12-35(13-11-34)27-31-26(29)32-33(27)3/h6-9,22,30H,5,10-16H2,1-4H3,(H2,29,32). The quantitative estimate of drug-likeness (QED) is 0.318. The SMILES string of the molecule is CCOC(=O)C1=C(COCCN2CCN(c3nc(N)nn3C)CC2)NC(C)=C(C(=O)OC)C1c1ccccc1Cl. The molecule has 1 unspecified atom stereocenters. The topological polar surface area (TPSA) is 137 Å². The van der Waals surface area contributed by atoms with Crippen molar-refractivity contribution in [3.8, 4) is 0 Å². The summed E-state index contributed by atoms with van der Waals surface area (Å²) >= 11 is 6.56. The lowest BCUT2D eigenvalue weighted by atomic mass is 9.80. The summed E-state index contributed by atoms with van der Waals surface area (Å²) in [5, 5.41) is 7.75. The summed E-state index contributed by atoms with van der Waals surface area (Å²) in [5.74, 6) is -0.852. The molecule has 1 fully saturated rings. The van der Waals surface area contributed by atoms with Gasteiger partial charge in [-0.2, -0.15) is 4.98 Å². The molecular formula is C27H36ClN7O5. The van der Waals surface area contributed by atoms with Gasteiger partial charge in [0.2, 0.25) is 11.9 Å². The lowest BCUT2D eigenvalue weighted by molar-refractivity contribution is -0.139. The molecule has 0 bridgehead atoms. The molecule has 3 N–H and O–H groups in total. The van der Waals surface area contributed by atoms with Crippen LogP contribution in [-0.4, -0.2) is 91.3 Å². The van der Waals surface area contributed by atoms with E-state index < -0.39 is 17.9 Å². The minimum atomic E-state index is -0.775. The third-order valence-corrected chi connectivity index (χ3v) is 7.32. The molecule has 0 amide bonds. The average molecular weight is 574 g/mol. The fourth-order valence-corrected chi connectivity index (χ4v) is 5.32. The molecule has 12 nitrogen and oxygen atoms in total. The molecule has 3 heterocycles. The first-order valence-corrected chi connectivity index (χ1v) is 13.5. The van der Waals surface area contributed by atoms with Crippen LogP contribution < -0.4 is 16.0 Å². The van der Waals surface area contributed by atoms with Gasteiger partial charge < -0.3 is 30.2 Å². The molecule has 13 heteroatoms. The Morgan fingerprint density at radius 2 is 1.88 bits per heavy atom. The normalized spacial score (nSPS) is 18.1. The molecule has 0 radical (unpaired) electrons. The molecule has 1 aromatic heterocycles. The van der Waals surface area contributed by atoms with Crippen molar-refractivity contribution in [2.45, 2.75) is 19.8 Å². The van der Waals surface area contributed by atoms with Gasteiger partial charge in [-0.25, -0.2) is 14.3 Å². The lowest BCUT2D eigenvalue weighted by Crippen LogP contribution is -2.48. The van der Waals surface area contributed by atoms with Crippen LogP contribution in [0.5, 0.6) is 0 Å². The second kappa shape index (κ2) is 13.2. The summed E-state index contributed by atoms with van der Waals surface area (Å²) in [7, 11) is 3.14. The number of halogens is 1. The Balaban J connectivity index is 1.47. The fraction of sp³-hybridized carbons (Fsp3) is 0.481. The zero-order valence-corrected chi connectivity index (χ0v) is 24.0. The number of carbonyl (C=O) groups excluding carboxylic acids is 2. The second-order valence-corrected chi connectivity index (χ2v) is 9.90. The molecule has 0 aliphatic carbocycles. The monoisotopic (exact) mass is 573 g/mol. The predicted octanol–water partition coefficient (Wildman–Crippen LogP) is 1.84. The van der Waals surface area contributed by atoms with Crippen LogP contribution in [0.3, 0.4) is 0 Å². The zero-order chi connectivity index (χ0) is 28.8. The van der Waals surface area contributed by atoms with Crippen LogP contribution in [0.25, 0.3) is 0 Å². The third kappa shape index (κ3) is 6.40. The summed E-state index contributed by atoms with van der Waals surface area (Å²) in [6.07, 6.45) is 0. The molecule has 1 aromatic carbocycles. The largest absolute Gasteiger partial charge is 0.466 e. The Morgan fingerprint density at radius 1 is 1.15 bits per heavy atom. The van der Waals surface area contributed by atoms with Crippen molar-refractivity contribution in [1.29, 1.82) is 0 Å². The summed E-state index contributed by atoms with van der Waals surface area (Å²) in [5.41, 5.74) is 7.98. The van der Waals surface area contributed by atoms with E-state index in [1.54, 1.807) is 36.7 Å². The number of ether oxygens (including phenoxy) is 3. The van der Waals surface area contributed by atoms with E-state index in [1.165, 1.54) is 7.11 Å². The summed E-state index contributed by atoms with van der Waals surface area (Å²) in [6, 6.07) is 7.12. The van der Waals surface area contributed by atoms with Crippen LogP contribution >= 0.6 is 11.6 Å². The van der Waals surface area contributed by atoms with Gasteiger partial charge in [-0.1, -0.05) is 29.8 Å². The lowest BCUT2D eigenvalue weighted by Gasteiger charge is -2.35. The number of allylic oxidation sites excluding steroid dienone is 1. The minimum absolute atomic E-state index is 0.124. The number of carbonyl (C=O) groups is 2. The number of nitrogen functional groups attached to an aromatic ring is 1. The number of nitrogens with two attached hydrogens (primary N) is 1. The van der Waals surface area contributed by atoms with Gasteiger partial charge in [0.05, 0.1) is 49.7 Å². The van der Waals surface area contributed by atoms with Crippen molar-refractivity contribution in [2.24, 2.45) is 7.05 Å². The number of piperazine rings is 1. The number of nitrogens with one attached hydrogen (secondary N) is 1. The number of hydrogen-bond donors (Lipinski definition) is 2. The smallest absolute Gasteiger partial charge is 0.336 e. The van der Waals surface area contributed by atoms with E-state index in [0.717, 1.165) is 32.1 Å². The highest BCUT2D eigenvalue weighted by Crippen LogP contribution is 2.41. The molecule has 0 spiro atoms. The van der Waals surface area contributed by atoms with Gasteiger partial charge in [0, 0.05) is 50.5 Å². The first kappa shape index (κ1) is 29.4. The van der Waals surface area contributed by atoms with E-state index in [-0.39, 0.29) is 24.7 Å². The molecule has 2 aliphatic rings. The van der Waals surface area contributed by atoms with Crippen LogP contribution in [0, 0.1) is 0 Å². The molecule has 1 saturated heterocycles. The average Bonchev–Trinajstić information content (AvgIpc) is 3.28. The number of aromatic nitrogens is 3. The highest BCUT2D eigenvalue weighted by atomic mass is 35.5. The molecular weight excluding hydrogens is 538 g/mol. The third-order valence-electron chi connectivity index (χ3n) is 6.97. The van der Waals surface area contributed by atoms with Crippen molar-refractivity contribution in [3.05, 3.63) is 57.4 Å². The predicted molar refractivity (Wildman–Crippen MR) is 151 cm³/mol. The molecule has 0 saturated carbocycles. The van der Waals surface area contributed by atoms with Crippen molar-refractivity contribution < 1.29 is 23.8 Å².